The van der Waals surface area contributed by atoms with Gasteiger partial charge < -0.3 is 9.32 Å². The fraction of sp³-hybridized carbons (Fsp3) is 0.353. The molecule has 3 aromatic rings. The van der Waals surface area contributed by atoms with Gasteiger partial charge in [-0.1, -0.05) is 6.92 Å². The highest BCUT2D eigenvalue weighted by Gasteiger charge is 2.20. The highest BCUT2D eigenvalue weighted by molar-refractivity contribution is 5.90. The molecule has 0 aliphatic carbocycles. The van der Waals surface area contributed by atoms with Crippen molar-refractivity contribution in [3.63, 3.8) is 0 Å². The predicted molar refractivity (Wildman–Crippen MR) is 88.5 cm³/mol. The first kappa shape index (κ1) is 14.0. The zero-order chi connectivity index (χ0) is 15.8. The summed E-state index contributed by atoms with van der Waals surface area (Å²) in [6.07, 6.45) is 5.58. The summed E-state index contributed by atoms with van der Waals surface area (Å²) in [4.78, 5) is 26.6. The van der Waals surface area contributed by atoms with Gasteiger partial charge in [-0.15, -0.1) is 0 Å². The van der Waals surface area contributed by atoms with E-state index in [1.165, 1.54) is 6.42 Å². The molecular formula is C17H18N4O2. The van der Waals surface area contributed by atoms with Crippen molar-refractivity contribution in [3.05, 3.63) is 41.0 Å². The minimum Gasteiger partial charge on any atom is -0.464 e. The molecule has 1 fully saturated rings. The molecule has 4 heterocycles. The van der Waals surface area contributed by atoms with E-state index in [0.717, 1.165) is 19.5 Å². The van der Waals surface area contributed by atoms with Gasteiger partial charge >= 0.3 is 0 Å². The Morgan fingerprint density at radius 3 is 3.09 bits per heavy atom. The normalized spacial score (nSPS) is 18.5. The van der Waals surface area contributed by atoms with Gasteiger partial charge in [-0.05, 0) is 37.0 Å². The molecule has 1 aliphatic rings. The van der Waals surface area contributed by atoms with Crippen LogP contribution >= 0.6 is 0 Å². The van der Waals surface area contributed by atoms with Crippen LogP contribution in [0.1, 0.15) is 19.8 Å². The molecule has 23 heavy (non-hydrogen) atoms. The van der Waals surface area contributed by atoms with Crippen molar-refractivity contribution in [1.82, 2.24) is 15.0 Å². The summed E-state index contributed by atoms with van der Waals surface area (Å²) in [6, 6.07) is 5.40. The van der Waals surface area contributed by atoms with E-state index < -0.39 is 0 Å². The maximum absolute atomic E-state index is 12.6. The van der Waals surface area contributed by atoms with Gasteiger partial charge in [-0.2, -0.15) is 4.98 Å². The molecule has 4 rings (SSSR count). The number of H-pyrrole nitrogens is 1. The molecule has 1 N–H and O–H groups in total. The molecule has 1 saturated heterocycles. The number of hydrogen-bond acceptors (Lipinski definition) is 5. The molecule has 3 aromatic heterocycles. The van der Waals surface area contributed by atoms with E-state index in [0.29, 0.717) is 34.2 Å². The number of nitrogens with one attached hydrogen (secondary N) is 1. The van der Waals surface area contributed by atoms with Gasteiger partial charge in [0, 0.05) is 24.8 Å². The molecular weight excluding hydrogens is 292 g/mol. The Morgan fingerprint density at radius 2 is 2.30 bits per heavy atom. The number of aromatic amines is 1. The smallest absolute Gasteiger partial charge is 0.262 e. The molecule has 0 amide bonds. The number of rotatable bonds is 2. The van der Waals surface area contributed by atoms with Crippen LogP contribution in [0.5, 0.6) is 0 Å². The van der Waals surface area contributed by atoms with Gasteiger partial charge in [0.15, 0.2) is 5.65 Å². The van der Waals surface area contributed by atoms with Crippen LogP contribution in [0.15, 0.2) is 39.9 Å². The third-order valence-electron chi connectivity index (χ3n) is 4.34. The number of pyridine rings is 1. The van der Waals surface area contributed by atoms with Crippen molar-refractivity contribution >= 4 is 17.0 Å². The Labute approximate surface area is 133 Å². The van der Waals surface area contributed by atoms with E-state index >= 15 is 0 Å². The Balaban J connectivity index is 1.84. The molecule has 0 spiro atoms. The molecule has 0 unspecified atom stereocenters. The molecule has 118 valence electrons. The fourth-order valence-corrected chi connectivity index (χ4v) is 3.22. The van der Waals surface area contributed by atoms with Gasteiger partial charge in [0.05, 0.1) is 11.6 Å². The summed E-state index contributed by atoms with van der Waals surface area (Å²) >= 11 is 0. The zero-order valence-corrected chi connectivity index (χ0v) is 13.0. The highest BCUT2D eigenvalue weighted by atomic mass is 16.3. The third-order valence-corrected chi connectivity index (χ3v) is 4.34. The lowest BCUT2D eigenvalue weighted by atomic mass is 10.0. The molecule has 1 aliphatic heterocycles. The van der Waals surface area contributed by atoms with Crippen LogP contribution in [0.2, 0.25) is 0 Å². The average Bonchev–Trinajstić information content (AvgIpc) is 3.08. The topological polar surface area (TPSA) is 75.0 Å². The van der Waals surface area contributed by atoms with Gasteiger partial charge in [0.2, 0.25) is 5.95 Å². The first-order chi connectivity index (χ1) is 11.2. The Hall–Kier alpha value is -2.63. The molecule has 0 saturated carbocycles. The lowest BCUT2D eigenvalue weighted by Crippen LogP contribution is -2.36. The Morgan fingerprint density at radius 1 is 1.39 bits per heavy atom. The van der Waals surface area contributed by atoms with Gasteiger partial charge in [-0.25, -0.2) is 4.98 Å². The zero-order valence-electron chi connectivity index (χ0n) is 13.0. The standard InChI is InChI=1S/C17H18N4O2/c1-11-4-2-8-21(10-11)17-19-15-14(16(22)20-17)12(6-7-18-15)13-5-3-9-23-13/h3,5-7,9,11H,2,4,8,10H2,1H3,(H,18,19,20,22)/t11-/m0/s1. The number of furan rings is 1. The summed E-state index contributed by atoms with van der Waals surface area (Å²) in [6.45, 7) is 4.04. The van der Waals surface area contributed by atoms with Gasteiger partial charge in [0.1, 0.15) is 5.76 Å². The van der Waals surface area contributed by atoms with Crippen LogP contribution in [0, 0.1) is 5.92 Å². The maximum atomic E-state index is 12.6. The monoisotopic (exact) mass is 310 g/mol. The van der Waals surface area contributed by atoms with Gasteiger partial charge in [-0.3, -0.25) is 9.78 Å². The lowest BCUT2D eigenvalue weighted by Gasteiger charge is -2.31. The van der Waals surface area contributed by atoms with Crippen LogP contribution in [0.25, 0.3) is 22.4 Å². The summed E-state index contributed by atoms with van der Waals surface area (Å²) < 4.78 is 5.42. The SMILES string of the molecule is C[C@H]1CCCN(c2nc3nccc(-c4ccco4)c3c(=O)[nH]2)C1. The van der Waals surface area contributed by atoms with E-state index in [1.54, 1.807) is 24.6 Å². The largest absolute Gasteiger partial charge is 0.464 e. The summed E-state index contributed by atoms with van der Waals surface area (Å²) in [7, 11) is 0. The van der Waals surface area contributed by atoms with Crippen molar-refractivity contribution in [3.8, 4) is 11.3 Å². The number of anilines is 1. The summed E-state index contributed by atoms with van der Waals surface area (Å²) in [5.41, 5.74) is 0.992. The molecule has 6 nitrogen and oxygen atoms in total. The number of aromatic nitrogens is 3. The van der Waals surface area contributed by atoms with E-state index in [4.69, 9.17) is 4.42 Å². The van der Waals surface area contributed by atoms with Crippen molar-refractivity contribution in [1.29, 1.82) is 0 Å². The first-order valence-corrected chi connectivity index (χ1v) is 7.90. The van der Waals surface area contributed by atoms with Crippen LogP contribution in [-0.2, 0) is 0 Å². The van der Waals surface area contributed by atoms with Crippen molar-refractivity contribution in [2.75, 3.05) is 18.0 Å². The molecule has 6 heteroatoms. The van der Waals surface area contributed by atoms with E-state index in [2.05, 4.69) is 26.8 Å². The number of piperidine rings is 1. The quantitative estimate of drug-likeness (QED) is 0.787. The first-order valence-electron chi connectivity index (χ1n) is 7.90. The molecule has 0 radical (unpaired) electrons. The highest BCUT2D eigenvalue weighted by Crippen LogP contribution is 2.26. The van der Waals surface area contributed by atoms with E-state index in [-0.39, 0.29) is 5.56 Å². The minimum absolute atomic E-state index is 0.178. The number of nitrogens with zero attached hydrogens (tertiary/aromatic N) is 3. The van der Waals surface area contributed by atoms with E-state index in [1.807, 2.05) is 6.07 Å². The lowest BCUT2D eigenvalue weighted by molar-refractivity contribution is 0.442. The van der Waals surface area contributed by atoms with Crippen LogP contribution < -0.4 is 10.5 Å². The van der Waals surface area contributed by atoms with Crippen LogP contribution in [0.4, 0.5) is 5.95 Å². The third kappa shape index (κ3) is 2.50. The van der Waals surface area contributed by atoms with Crippen molar-refractivity contribution in [2.45, 2.75) is 19.8 Å². The minimum atomic E-state index is -0.178. The summed E-state index contributed by atoms with van der Waals surface area (Å²) in [5, 5.41) is 0.469. The predicted octanol–water partition coefficient (Wildman–Crippen LogP) is 2.81. The fourth-order valence-electron chi connectivity index (χ4n) is 3.22. The molecule has 0 aromatic carbocycles. The number of hydrogen-bond donors (Lipinski definition) is 1. The van der Waals surface area contributed by atoms with E-state index in [9.17, 15) is 4.79 Å². The van der Waals surface area contributed by atoms with Gasteiger partial charge in [0.25, 0.3) is 5.56 Å². The van der Waals surface area contributed by atoms with Crippen molar-refractivity contribution < 1.29 is 4.42 Å². The second-order valence-corrected chi connectivity index (χ2v) is 6.12. The van der Waals surface area contributed by atoms with Crippen LogP contribution in [0.3, 0.4) is 0 Å². The second kappa shape index (κ2) is 5.53. The van der Waals surface area contributed by atoms with Crippen molar-refractivity contribution in [2.24, 2.45) is 5.92 Å². The maximum Gasteiger partial charge on any atom is 0.262 e. The van der Waals surface area contributed by atoms with Crippen LogP contribution in [-0.4, -0.2) is 28.0 Å². The molecule has 0 bridgehead atoms. The number of fused-ring (bicyclic) bond motifs is 1. The second-order valence-electron chi connectivity index (χ2n) is 6.12. The Bertz CT molecular complexity index is 885. The summed E-state index contributed by atoms with van der Waals surface area (Å²) in [5.74, 6) is 1.86. The molecule has 1 atom stereocenters. The average molecular weight is 310 g/mol. The Kier molecular flexibility index (Phi) is 3.37.